The van der Waals surface area contributed by atoms with Gasteiger partial charge in [-0.25, -0.2) is 4.68 Å². The van der Waals surface area contributed by atoms with Crippen molar-refractivity contribution in [1.29, 1.82) is 5.26 Å². The van der Waals surface area contributed by atoms with Crippen molar-refractivity contribution in [2.45, 2.75) is 51.0 Å². The minimum Gasteiger partial charge on any atom is -0.382 e. The number of nitrogens with one attached hydrogen (secondary N) is 1. The SMILES string of the molecule is N#Cc1c(CCCNC(=O)COC2CCCCC2)nn(-c2ccccc2)c1N. The summed E-state index contributed by atoms with van der Waals surface area (Å²) in [5.74, 6) is 0.244. The van der Waals surface area contributed by atoms with Gasteiger partial charge in [0.25, 0.3) is 0 Å². The van der Waals surface area contributed by atoms with Gasteiger partial charge in [0.2, 0.25) is 5.91 Å². The molecule has 1 aliphatic carbocycles. The number of anilines is 1. The van der Waals surface area contributed by atoms with Crippen LogP contribution in [0.15, 0.2) is 30.3 Å². The second kappa shape index (κ2) is 9.90. The molecule has 1 aromatic heterocycles. The van der Waals surface area contributed by atoms with E-state index in [9.17, 15) is 10.1 Å². The van der Waals surface area contributed by atoms with E-state index in [1.165, 1.54) is 19.3 Å². The van der Waals surface area contributed by atoms with E-state index >= 15 is 0 Å². The molecule has 0 aliphatic heterocycles. The molecule has 1 saturated carbocycles. The Morgan fingerprint density at radius 3 is 2.75 bits per heavy atom. The Morgan fingerprint density at radius 1 is 1.29 bits per heavy atom. The highest BCUT2D eigenvalue weighted by Crippen LogP contribution is 2.21. The predicted molar refractivity (Wildman–Crippen MR) is 107 cm³/mol. The highest BCUT2D eigenvalue weighted by Gasteiger charge is 2.17. The molecule has 1 amide bonds. The van der Waals surface area contributed by atoms with Crippen LogP contribution in [-0.2, 0) is 16.0 Å². The lowest BCUT2D eigenvalue weighted by molar-refractivity contribution is -0.128. The van der Waals surface area contributed by atoms with E-state index in [0.717, 1.165) is 18.5 Å². The normalized spacial score (nSPS) is 14.5. The topological polar surface area (TPSA) is 106 Å². The van der Waals surface area contributed by atoms with E-state index in [4.69, 9.17) is 10.5 Å². The van der Waals surface area contributed by atoms with Crippen LogP contribution in [0.3, 0.4) is 0 Å². The van der Waals surface area contributed by atoms with Crippen LogP contribution in [0.5, 0.6) is 0 Å². The lowest BCUT2D eigenvalue weighted by Gasteiger charge is -2.21. The lowest BCUT2D eigenvalue weighted by atomic mass is 9.98. The Morgan fingerprint density at radius 2 is 2.04 bits per heavy atom. The maximum absolute atomic E-state index is 11.9. The van der Waals surface area contributed by atoms with Crippen molar-refractivity contribution in [3.63, 3.8) is 0 Å². The van der Waals surface area contributed by atoms with Gasteiger partial charge >= 0.3 is 0 Å². The maximum atomic E-state index is 11.9. The van der Waals surface area contributed by atoms with Crippen LogP contribution in [0.1, 0.15) is 49.8 Å². The first-order valence-corrected chi connectivity index (χ1v) is 9.90. The van der Waals surface area contributed by atoms with Gasteiger partial charge in [-0.1, -0.05) is 37.5 Å². The molecule has 0 radical (unpaired) electrons. The third kappa shape index (κ3) is 5.11. The molecule has 0 saturated heterocycles. The molecule has 3 rings (SSSR count). The third-order valence-electron chi connectivity index (χ3n) is 5.02. The molecule has 1 aliphatic rings. The summed E-state index contributed by atoms with van der Waals surface area (Å²) in [5, 5.41) is 16.8. The van der Waals surface area contributed by atoms with Crippen LogP contribution in [0, 0.1) is 11.3 Å². The van der Waals surface area contributed by atoms with Crippen LogP contribution in [0.2, 0.25) is 0 Å². The van der Waals surface area contributed by atoms with E-state index in [1.54, 1.807) is 4.68 Å². The number of carbonyl (C=O) groups excluding carboxylic acids is 1. The number of nitrogens with two attached hydrogens (primary N) is 1. The standard InChI is InChI=1S/C21H27N5O2/c22-14-18-19(25-26(21(18)23)16-8-3-1-4-9-16)12-7-13-24-20(27)15-28-17-10-5-2-6-11-17/h1,3-4,8-9,17H,2,5-7,10-13,15,23H2,(H,24,27). The number of nitriles is 1. The Labute approximate surface area is 165 Å². The molecule has 1 fully saturated rings. The second-order valence-electron chi connectivity index (χ2n) is 7.09. The van der Waals surface area contributed by atoms with E-state index in [0.29, 0.717) is 36.5 Å². The number of hydrogen-bond acceptors (Lipinski definition) is 5. The number of benzene rings is 1. The molecular weight excluding hydrogens is 354 g/mol. The quantitative estimate of drug-likeness (QED) is 0.684. The fraction of sp³-hybridized carbons (Fsp3) is 0.476. The van der Waals surface area contributed by atoms with Crippen molar-refractivity contribution < 1.29 is 9.53 Å². The molecule has 7 nitrogen and oxygen atoms in total. The highest BCUT2D eigenvalue weighted by molar-refractivity contribution is 5.77. The first-order valence-electron chi connectivity index (χ1n) is 9.90. The van der Waals surface area contributed by atoms with Crippen molar-refractivity contribution in [2.24, 2.45) is 0 Å². The largest absolute Gasteiger partial charge is 0.382 e. The molecule has 7 heteroatoms. The number of carbonyl (C=O) groups is 1. The van der Waals surface area contributed by atoms with E-state index in [-0.39, 0.29) is 18.6 Å². The lowest BCUT2D eigenvalue weighted by Crippen LogP contribution is -2.31. The van der Waals surface area contributed by atoms with Crippen molar-refractivity contribution >= 4 is 11.7 Å². The minimum absolute atomic E-state index is 0.0968. The molecule has 0 spiro atoms. The van der Waals surface area contributed by atoms with Crippen molar-refractivity contribution in [3.05, 3.63) is 41.6 Å². The molecule has 1 aromatic carbocycles. The monoisotopic (exact) mass is 381 g/mol. The van der Waals surface area contributed by atoms with E-state index in [2.05, 4.69) is 16.5 Å². The van der Waals surface area contributed by atoms with Gasteiger partial charge < -0.3 is 15.8 Å². The molecule has 28 heavy (non-hydrogen) atoms. The summed E-state index contributed by atoms with van der Waals surface area (Å²) in [6.07, 6.45) is 7.21. The average Bonchev–Trinajstić information content (AvgIpc) is 3.06. The van der Waals surface area contributed by atoms with Gasteiger partial charge in [-0.05, 0) is 37.8 Å². The minimum atomic E-state index is -0.0968. The van der Waals surface area contributed by atoms with Crippen LogP contribution >= 0.6 is 0 Å². The molecule has 0 unspecified atom stereocenters. The Hall–Kier alpha value is -2.85. The Bertz CT molecular complexity index is 819. The molecule has 0 atom stereocenters. The summed E-state index contributed by atoms with van der Waals surface area (Å²) in [5.41, 5.74) is 7.97. The van der Waals surface area contributed by atoms with Gasteiger partial charge in [-0.3, -0.25) is 4.79 Å². The number of nitrogens with zero attached hydrogens (tertiary/aromatic N) is 3. The number of ether oxygens (including phenoxy) is 1. The maximum Gasteiger partial charge on any atom is 0.246 e. The van der Waals surface area contributed by atoms with Gasteiger partial charge in [-0.2, -0.15) is 10.4 Å². The summed E-state index contributed by atoms with van der Waals surface area (Å²) < 4.78 is 7.27. The molecule has 1 heterocycles. The first kappa shape index (κ1) is 19.9. The summed E-state index contributed by atoms with van der Waals surface area (Å²) in [7, 11) is 0. The zero-order valence-corrected chi connectivity index (χ0v) is 16.1. The van der Waals surface area contributed by atoms with Crippen LogP contribution in [-0.4, -0.2) is 34.9 Å². The zero-order chi connectivity index (χ0) is 19.8. The molecular formula is C21H27N5O2. The summed E-state index contributed by atoms with van der Waals surface area (Å²) in [4.78, 5) is 11.9. The second-order valence-corrected chi connectivity index (χ2v) is 7.09. The van der Waals surface area contributed by atoms with Gasteiger partial charge in [0.15, 0.2) is 0 Å². The Balaban J connectivity index is 1.47. The first-order chi connectivity index (χ1) is 13.7. The smallest absolute Gasteiger partial charge is 0.246 e. The number of aryl methyl sites for hydroxylation is 1. The number of hydrogen-bond donors (Lipinski definition) is 2. The van der Waals surface area contributed by atoms with E-state index in [1.807, 2.05) is 30.3 Å². The zero-order valence-electron chi connectivity index (χ0n) is 16.1. The van der Waals surface area contributed by atoms with Crippen molar-refractivity contribution in [2.75, 3.05) is 18.9 Å². The fourth-order valence-corrected chi connectivity index (χ4v) is 3.50. The van der Waals surface area contributed by atoms with Crippen LogP contribution in [0.25, 0.3) is 5.69 Å². The number of aromatic nitrogens is 2. The summed E-state index contributed by atoms with van der Waals surface area (Å²) in [6, 6.07) is 11.6. The number of rotatable bonds is 8. The molecule has 3 N–H and O–H groups in total. The predicted octanol–water partition coefficient (Wildman–Crippen LogP) is 2.72. The third-order valence-corrected chi connectivity index (χ3v) is 5.02. The highest BCUT2D eigenvalue weighted by atomic mass is 16.5. The van der Waals surface area contributed by atoms with Gasteiger partial charge in [0.1, 0.15) is 24.1 Å². The Kier molecular flexibility index (Phi) is 7.04. The molecule has 148 valence electrons. The van der Waals surface area contributed by atoms with Crippen LogP contribution in [0.4, 0.5) is 5.82 Å². The van der Waals surface area contributed by atoms with Crippen molar-refractivity contribution in [1.82, 2.24) is 15.1 Å². The summed E-state index contributed by atoms with van der Waals surface area (Å²) in [6.45, 7) is 0.625. The van der Waals surface area contributed by atoms with E-state index < -0.39 is 0 Å². The van der Waals surface area contributed by atoms with Crippen LogP contribution < -0.4 is 11.1 Å². The number of amides is 1. The fourth-order valence-electron chi connectivity index (χ4n) is 3.50. The number of nitrogen functional groups attached to an aromatic ring is 1. The van der Waals surface area contributed by atoms with Gasteiger partial charge in [0, 0.05) is 6.54 Å². The molecule has 2 aromatic rings. The summed E-state index contributed by atoms with van der Waals surface area (Å²) >= 11 is 0. The average molecular weight is 381 g/mol. The van der Waals surface area contributed by atoms with Crippen molar-refractivity contribution in [3.8, 4) is 11.8 Å². The number of para-hydroxylation sites is 1. The van der Waals surface area contributed by atoms with Gasteiger partial charge in [0.05, 0.1) is 17.5 Å². The molecule has 0 bridgehead atoms. The van der Waals surface area contributed by atoms with Gasteiger partial charge in [-0.15, -0.1) is 0 Å².